The van der Waals surface area contributed by atoms with Crippen molar-refractivity contribution in [1.29, 1.82) is 0 Å². The summed E-state index contributed by atoms with van der Waals surface area (Å²) in [4.78, 5) is 11.2. The average molecular weight is 249 g/mol. The largest absolute Gasteiger partial charge is 0.329 e. The molecule has 0 N–H and O–H groups in total. The quantitative estimate of drug-likeness (QED) is 0.693. The van der Waals surface area contributed by atoms with Crippen molar-refractivity contribution in [2.45, 2.75) is 6.92 Å². The molecule has 0 atom stereocenters. The van der Waals surface area contributed by atoms with Crippen LogP contribution in [0.4, 0.5) is 11.5 Å². The molecular formula is C16H15N3. The number of nitrogens with zero attached hydrogens (tertiary/aromatic N) is 3. The van der Waals surface area contributed by atoms with E-state index in [-0.39, 0.29) is 0 Å². The summed E-state index contributed by atoms with van der Waals surface area (Å²) in [5.74, 6) is 1.73. The fraction of sp³-hybridized carbons (Fsp3) is 0.125. The molecular weight excluding hydrogens is 234 g/mol. The summed E-state index contributed by atoms with van der Waals surface area (Å²) in [6, 6.07) is 18.3. The van der Waals surface area contributed by atoms with Gasteiger partial charge in [-0.2, -0.15) is 0 Å². The SMILES string of the molecule is Cc1nc(N(C)c2ccccc2)c2ccccc2n1. The Labute approximate surface area is 112 Å². The maximum Gasteiger partial charge on any atom is 0.144 e. The zero-order valence-corrected chi connectivity index (χ0v) is 11.0. The van der Waals surface area contributed by atoms with Crippen molar-refractivity contribution in [2.24, 2.45) is 0 Å². The molecule has 0 spiro atoms. The molecule has 3 rings (SSSR count). The van der Waals surface area contributed by atoms with Crippen molar-refractivity contribution < 1.29 is 0 Å². The third-order valence-electron chi connectivity index (χ3n) is 3.16. The van der Waals surface area contributed by atoms with Crippen LogP contribution in [0, 0.1) is 6.92 Å². The van der Waals surface area contributed by atoms with Gasteiger partial charge in [0.2, 0.25) is 0 Å². The lowest BCUT2D eigenvalue weighted by Crippen LogP contribution is -2.12. The Bertz CT molecular complexity index is 708. The van der Waals surface area contributed by atoms with E-state index in [0.717, 1.165) is 28.2 Å². The van der Waals surface area contributed by atoms with Gasteiger partial charge < -0.3 is 4.90 Å². The van der Waals surface area contributed by atoms with Crippen LogP contribution >= 0.6 is 0 Å². The molecule has 94 valence electrons. The number of aryl methyl sites for hydroxylation is 1. The van der Waals surface area contributed by atoms with E-state index in [0.29, 0.717) is 0 Å². The van der Waals surface area contributed by atoms with E-state index in [9.17, 15) is 0 Å². The van der Waals surface area contributed by atoms with Gasteiger partial charge in [0.1, 0.15) is 11.6 Å². The fourth-order valence-electron chi connectivity index (χ4n) is 2.20. The summed E-state index contributed by atoms with van der Waals surface area (Å²) in [5.41, 5.74) is 2.10. The highest BCUT2D eigenvalue weighted by Gasteiger charge is 2.10. The van der Waals surface area contributed by atoms with E-state index >= 15 is 0 Å². The molecule has 0 saturated heterocycles. The summed E-state index contributed by atoms with van der Waals surface area (Å²) >= 11 is 0. The second-order valence-corrected chi connectivity index (χ2v) is 4.51. The Balaban J connectivity index is 2.19. The minimum Gasteiger partial charge on any atom is -0.329 e. The van der Waals surface area contributed by atoms with Gasteiger partial charge in [0.25, 0.3) is 0 Å². The molecule has 0 aliphatic carbocycles. The first kappa shape index (κ1) is 11.7. The Morgan fingerprint density at radius 2 is 1.53 bits per heavy atom. The van der Waals surface area contributed by atoms with Crippen LogP contribution < -0.4 is 4.90 Å². The molecule has 3 heteroatoms. The standard InChI is InChI=1S/C16H15N3/c1-12-17-15-11-7-6-10-14(15)16(18-12)19(2)13-8-4-3-5-9-13/h3-11H,1-2H3. The number of hydrogen-bond donors (Lipinski definition) is 0. The van der Waals surface area contributed by atoms with Gasteiger partial charge in [-0.3, -0.25) is 0 Å². The number of anilines is 2. The predicted octanol–water partition coefficient (Wildman–Crippen LogP) is 3.71. The molecule has 0 bridgehead atoms. The molecule has 19 heavy (non-hydrogen) atoms. The highest BCUT2D eigenvalue weighted by atomic mass is 15.2. The molecule has 0 amide bonds. The second-order valence-electron chi connectivity index (χ2n) is 4.51. The van der Waals surface area contributed by atoms with E-state index in [1.165, 1.54) is 0 Å². The lowest BCUT2D eigenvalue weighted by Gasteiger charge is -2.20. The molecule has 1 heterocycles. The van der Waals surface area contributed by atoms with Gasteiger partial charge in [0.15, 0.2) is 0 Å². The first-order valence-corrected chi connectivity index (χ1v) is 6.28. The Kier molecular flexibility index (Phi) is 2.88. The van der Waals surface area contributed by atoms with Crippen LogP contribution in [0.25, 0.3) is 10.9 Å². The topological polar surface area (TPSA) is 29.0 Å². The normalized spacial score (nSPS) is 10.6. The number of fused-ring (bicyclic) bond motifs is 1. The third kappa shape index (κ3) is 2.15. The predicted molar refractivity (Wildman–Crippen MR) is 78.8 cm³/mol. The summed E-state index contributed by atoms with van der Waals surface area (Å²) in [6.45, 7) is 1.93. The number of hydrogen-bond acceptors (Lipinski definition) is 3. The van der Waals surface area contributed by atoms with E-state index in [2.05, 4.69) is 33.1 Å². The molecule has 0 saturated carbocycles. The molecule has 0 radical (unpaired) electrons. The number of rotatable bonds is 2. The van der Waals surface area contributed by atoms with Gasteiger partial charge in [-0.05, 0) is 31.2 Å². The van der Waals surface area contributed by atoms with Crippen molar-refractivity contribution in [3.8, 4) is 0 Å². The third-order valence-corrected chi connectivity index (χ3v) is 3.16. The molecule has 0 unspecified atom stereocenters. The number of para-hydroxylation sites is 2. The molecule has 2 aromatic carbocycles. The van der Waals surface area contributed by atoms with Crippen LogP contribution in [0.2, 0.25) is 0 Å². The van der Waals surface area contributed by atoms with Crippen molar-refractivity contribution in [3.05, 3.63) is 60.4 Å². The lowest BCUT2D eigenvalue weighted by molar-refractivity contribution is 1.04. The molecule has 0 aliphatic rings. The zero-order valence-electron chi connectivity index (χ0n) is 11.0. The first-order chi connectivity index (χ1) is 9.25. The van der Waals surface area contributed by atoms with Gasteiger partial charge in [-0.1, -0.05) is 30.3 Å². The maximum atomic E-state index is 4.59. The fourth-order valence-corrected chi connectivity index (χ4v) is 2.20. The van der Waals surface area contributed by atoms with Gasteiger partial charge >= 0.3 is 0 Å². The summed E-state index contributed by atoms with van der Waals surface area (Å²) in [5, 5.41) is 1.07. The summed E-state index contributed by atoms with van der Waals surface area (Å²) in [7, 11) is 2.03. The summed E-state index contributed by atoms with van der Waals surface area (Å²) in [6.07, 6.45) is 0. The van der Waals surface area contributed by atoms with Crippen LogP contribution in [0.15, 0.2) is 54.6 Å². The van der Waals surface area contributed by atoms with Gasteiger partial charge in [-0.25, -0.2) is 9.97 Å². The highest BCUT2D eigenvalue weighted by molar-refractivity contribution is 5.91. The molecule has 0 fully saturated rings. The molecule has 1 aromatic heterocycles. The smallest absolute Gasteiger partial charge is 0.144 e. The molecule has 0 aliphatic heterocycles. The Morgan fingerprint density at radius 3 is 2.32 bits per heavy atom. The van der Waals surface area contributed by atoms with Crippen molar-refractivity contribution >= 4 is 22.4 Å². The zero-order chi connectivity index (χ0) is 13.2. The number of aromatic nitrogens is 2. The van der Waals surface area contributed by atoms with Crippen molar-refractivity contribution in [3.63, 3.8) is 0 Å². The van der Waals surface area contributed by atoms with Gasteiger partial charge in [0.05, 0.1) is 5.52 Å². The highest BCUT2D eigenvalue weighted by Crippen LogP contribution is 2.28. The van der Waals surface area contributed by atoms with Crippen molar-refractivity contribution in [1.82, 2.24) is 9.97 Å². The minimum absolute atomic E-state index is 0.788. The first-order valence-electron chi connectivity index (χ1n) is 6.28. The summed E-state index contributed by atoms with van der Waals surface area (Å²) < 4.78 is 0. The van der Waals surface area contributed by atoms with E-state index in [1.807, 2.05) is 50.4 Å². The second kappa shape index (κ2) is 4.69. The maximum absolute atomic E-state index is 4.59. The number of benzene rings is 2. The van der Waals surface area contributed by atoms with Crippen LogP contribution in [-0.4, -0.2) is 17.0 Å². The molecule has 3 nitrogen and oxygen atoms in total. The average Bonchev–Trinajstić information content (AvgIpc) is 2.46. The Hall–Kier alpha value is -2.42. The van der Waals surface area contributed by atoms with Crippen LogP contribution in [0.1, 0.15) is 5.82 Å². The van der Waals surface area contributed by atoms with Crippen LogP contribution in [-0.2, 0) is 0 Å². The van der Waals surface area contributed by atoms with E-state index < -0.39 is 0 Å². The van der Waals surface area contributed by atoms with E-state index in [4.69, 9.17) is 0 Å². The molecule has 3 aromatic rings. The van der Waals surface area contributed by atoms with Gasteiger partial charge in [0, 0.05) is 18.1 Å². The van der Waals surface area contributed by atoms with Crippen molar-refractivity contribution in [2.75, 3.05) is 11.9 Å². The van der Waals surface area contributed by atoms with Crippen LogP contribution in [0.5, 0.6) is 0 Å². The Morgan fingerprint density at radius 1 is 0.842 bits per heavy atom. The van der Waals surface area contributed by atoms with Crippen LogP contribution in [0.3, 0.4) is 0 Å². The van der Waals surface area contributed by atoms with Gasteiger partial charge in [-0.15, -0.1) is 0 Å². The van der Waals surface area contributed by atoms with E-state index in [1.54, 1.807) is 0 Å². The lowest BCUT2D eigenvalue weighted by atomic mass is 10.2. The monoisotopic (exact) mass is 249 g/mol. The minimum atomic E-state index is 0.788.